The molecule has 0 aliphatic heterocycles. The van der Waals surface area contributed by atoms with Gasteiger partial charge in [0.1, 0.15) is 0 Å². The van der Waals surface area contributed by atoms with E-state index in [1.807, 2.05) is 30.3 Å². The second-order valence-corrected chi connectivity index (χ2v) is 3.86. The first-order chi connectivity index (χ1) is 7.21. The lowest BCUT2D eigenvalue weighted by atomic mass is 10.2. The van der Waals surface area contributed by atoms with Gasteiger partial charge in [-0.15, -0.1) is 0 Å². The van der Waals surface area contributed by atoms with Gasteiger partial charge in [0.05, 0.1) is 12.1 Å². The molecule has 1 aliphatic rings. The van der Waals surface area contributed by atoms with Crippen LogP contribution >= 0.6 is 0 Å². The van der Waals surface area contributed by atoms with Crippen molar-refractivity contribution in [1.82, 2.24) is 5.48 Å². The van der Waals surface area contributed by atoms with Gasteiger partial charge >= 0.3 is 0 Å². The van der Waals surface area contributed by atoms with E-state index in [1.165, 1.54) is 0 Å². The number of hydrogen-bond donors (Lipinski definition) is 2. The molecule has 3 N–H and O–H groups in total. The van der Waals surface area contributed by atoms with Crippen molar-refractivity contribution in [2.45, 2.75) is 25.0 Å². The molecule has 15 heavy (non-hydrogen) atoms. The van der Waals surface area contributed by atoms with Crippen molar-refractivity contribution < 1.29 is 9.63 Å². The summed E-state index contributed by atoms with van der Waals surface area (Å²) < 4.78 is 0. The maximum atomic E-state index is 11.4. The van der Waals surface area contributed by atoms with Crippen LogP contribution in [0.2, 0.25) is 0 Å². The van der Waals surface area contributed by atoms with Gasteiger partial charge in [-0.3, -0.25) is 9.63 Å². The van der Waals surface area contributed by atoms with Crippen LogP contribution in [0.5, 0.6) is 0 Å². The molecule has 0 radical (unpaired) electrons. The standard InChI is InChI=1S/C11H14N2O2/c12-11(6-7-11)10(14)13-15-8-9-4-2-1-3-5-9/h1-5H,6-8,12H2,(H,13,14). The molecule has 1 amide bonds. The Hall–Kier alpha value is -1.39. The Kier molecular flexibility index (Phi) is 2.70. The molecule has 1 aliphatic carbocycles. The van der Waals surface area contributed by atoms with E-state index in [0.29, 0.717) is 6.61 Å². The van der Waals surface area contributed by atoms with Crippen molar-refractivity contribution in [3.8, 4) is 0 Å². The number of nitrogens with two attached hydrogens (primary N) is 1. The zero-order chi connectivity index (χ0) is 10.7. The van der Waals surface area contributed by atoms with Gasteiger partial charge in [0.25, 0.3) is 5.91 Å². The van der Waals surface area contributed by atoms with Gasteiger partial charge in [0.2, 0.25) is 0 Å². The molecule has 2 rings (SSSR count). The van der Waals surface area contributed by atoms with Crippen LogP contribution in [-0.2, 0) is 16.2 Å². The second-order valence-electron chi connectivity index (χ2n) is 3.86. The van der Waals surface area contributed by atoms with Crippen molar-refractivity contribution in [3.63, 3.8) is 0 Å². The maximum absolute atomic E-state index is 11.4. The first kappa shape index (κ1) is 10.1. The number of hydrogen-bond acceptors (Lipinski definition) is 3. The number of carbonyl (C=O) groups is 1. The monoisotopic (exact) mass is 206 g/mol. The smallest absolute Gasteiger partial charge is 0.263 e. The first-order valence-electron chi connectivity index (χ1n) is 4.96. The van der Waals surface area contributed by atoms with Gasteiger partial charge in [-0.05, 0) is 18.4 Å². The Morgan fingerprint density at radius 3 is 2.67 bits per heavy atom. The summed E-state index contributed by atoms with van der Waals surface area (Å²) in [5.41, 5.74) is 8.39. The summed E-state index contributed by atoms with van der Waals surface area (Å²) in [4.78, 5) is 16.4. The van der Waals surface area contributed by atoms with Crippen molar-refractivity contribution in [1.29, 1.82) is 0 Å². The summed E-state index contributed by atoms with van der Waals surface area (Å²) in [6, 6.07) is 9.64. The Morgan fingerprint density at radius 1 is 1.40 bits per heavy atom. The molecule has 0 bridgehead atoms. The predicted octanol–water partition coefficient (Wildman–Crippen LogP) is 0.726. The molecule has 0 saturated heterocycles. The fourth-order valence-corrected chi connectivity index (χ4v) is 1.22. The van der Waals surface area contributed by atoms with Gasteiger partial charge in [-0.2, -0.15) is 0 Å². The zero-order valence-corrected chi connectivity index (χ0v) is 8.40. The van der Waals surface area contributed by atoms with Gasteiger partial charge in [0, 0.05) is 0 Å². The van der Waals surface area contributed by atoms with Crippen LogP contribution < -0.4 is 11.2 Å². The minimum absolute atomic E-state index is 0.224. The van der Waals surface area contributed by atoms with Crippen molar-refractivity contribution in [3.05, 3.63) is 35.9 Å². The lowest BCUT2D eigenvalue weighted by molar-refractivity contribution is -0.136. The third-order valence-electron chi connectivity index (χ3n) is 2.49. The van der Waals surface area contributed by atoms with E-state index in [1.54, 1.807) is 0 Å². The van der Waals surface area contributed by atoms with Crippen LogP contribution in [0.25, 0.3) is 0 Å². The zero-order valence-electron chi connectivity index (χ0n) is 8.40. The predicted molar refractivity (Wildman–Crippen MR) is 55.5 cm³/mol. The molecule has 0 atom stereocenters. The highest BCUT2D eigenvalue weighted by Crippen LogP contribution is 2.31. The molecule has 0 heterocycles. The quantitative estimate of drug-likeness (QED) is 0.714. The molecule has 4 nitrogen and oxygen atoms in total. The maximum Gasteiger partial charge on any atom is 0.263 e. The summed E-state index contributed by atoms with van der Waals surface area (Å²) in [5.74, 6) is -0.224. The highest BCUT2D eigenvalue weighted by molar-refractivity contribution is 5.88. The van der Waals surface area contributed by atoms with Gasteiger partial charge < -0.3 is 5.73 Å². The third kappa shape index (κ3) is 2.55. The van der Waals surface area contributed by atoms with E-state index in [4.69, 9.17) is 10.6 Å². The van der Waals surface area contributed by atoms with E-state index < -0.39 is 5.54 Å². The van der Waals surface area contributed by atoms with Crippen LogP contribution in [-0.4, -0.2) is 11.4 Å². The van der Waals surface area contributed by atoms with E-state index >= 15 is 0 Å². The van der Waals surface area contributed by atoms with Gasteiger partial charge in [0.15, 0.2) is 0 Å². The average molecular weight is 206 g/mol. The topological polar surface area (TPSA) is 64.4 Å². The van der Waals surface area contributed by atoms with Crippen molar-refractivity contribution >= 4 is 5.91 Å². The molecule has 0 spiro atoms. The molecule has 0 unspecified atom stereocenters. The van der Waals surface area contributed by atoms with Crippen molar-refractivity contribution in [2.24, 2.45) is 5.73 Å². The molecule has 0 aromatic heterocycles. The molecule has 4 heteroatoms. The molecular weight excluding hydrogens is 192 g/mol. The van der Waals surface area contributed by atoms with Crippen LogP contribution in [0.3, 0.4) is 0 Å². The molecule has 1 aromatic carbocycles. The number of amides is 1. The lowest BCUT2D eigenvalue weighted by Crippen LogP contribution is -2.42. The fourth-order valence-electron chi connectivity index (χ4n) is 1.22. The largest absolute Gasteiger partial charge is 0.317 e. The third-order valence-corrected chi connectivity index (χ3v) is 2.49. The Labute approximate surface area is 88.4 Å². The number of carbonyl (C=O) groups excluding carboxylic acids is 1. The van der Waals surface area contributed by atoms with Crippen LogP contribution in [0, 0.1) is 0 Å². The van der Waals surface area contributed by atoms with Gasteiger partial charge in [-0.1, -0.05) is 30.3 Å². The van der Waals surface area contributed by atoms with Gasteiger partial charge in [-0.25, -0.2) is 5.48 Å². The summed E-state index contributed by atoms with van der Waals surface area (Å²) in [6.07, 6.45) is 1.49. The summed E-state index contributed by atoms with van der Waals surface area (Å²) in [6.45, 7) is 0.364. The minimum atomic E-state index is -0.670. The normalized spacial score (nSPS) is 17.1. The Balaban J connectivity index is 1.73. The van der Waals surface area contributed by atoms with Crippen LogP contribution in [0.4, 0.5) is 0 Å². The van der Waals surface area contributed by atoms with E-state index in [-0.39, 0.29) is 5.91 Å². The molecular formula is C11H14N2O2. The number of rotatable bonds is 4. The lowest BCUT2D eigenvalue weighted by Gasteiger charge is -2.09. The average Bonchev–Trinajstić information content (AvgIpc) is 2.99. The summed E-state index contributed by atoms with van der Waals surface area (Å²) in [5, 5.41) is 0. The second kappa shape index (κ2) is 4.00. The molecule has 1 saturated carbocycles. The molecule has 80 valence electrons. The Bertz CT molecular complexity index is 347. The van der Waals surface area contributed by atoms with Crippen molar-refractivity contribution in [2.75, 3.05) is 0 Å². The SMILES string of the molecule is NC1(C(=O)NOCc2ccccc2)CC1. The minimum Gasteiger partial charge on any atom is -0.317 e. The molecule has 1 fully saturated rings. The highest BCUT2D eigenvalue weighted by atomic mass is 16.7. The number of nitrogens with one attached hydrogen (secondary N) is 1. The van der Waals surface area contributed by atoms with E-state index in [9.17, 15) is 4.79 Å². The van der Waals surface area contributed by atoms with Crippen LogP contribution in [0.15, 0.2) is 30.3 Å². The van der Waals surface area contributed by atoms with E-state index in [0.717, 1.165) is 18.4 Å². The number of benzene rings is 1. The highest BCUT2D eigenvalue weighted by Gasteiger charge is 2.46. The first-order valence-corrected chi connectivity index (χ1v) is 4.96. The van der Waals surface area contributed by atoms with Crippen LogP contribution in [0.1, 0.15) is 18.4 Å². The fraction of sp³-hybridized carbons (Fsp3) is 0.364. The number of hydroxylamine groups is 1. The molecule has 1 aromatic rings. The summed E-state index contributed by atoms with van der Waals surface area (Å²) >= 11 is 0. The summed E-state index contributed by atoms with van der Waals surface area (Å²) in [7, 11) is 0. The van der Waals surface area contributed by atoms with E-state index in [2.05, 4.69) is 5.48 Å². The Morgan fingerprint density at radius 2 is 2.07 bits per heavy atom.